The van der Waals surface area contributed by atoms with E-state index in [0.29, 0.717) is 5.95 Å². The summed E-state index contributed by atoms with van der Waals surface area (Å²) in [5.41, 5.74) is 1.86. The number of hydrogen-bond acceptors (Lipinski definition) is 4. The Morgan fingerprint density at radius 1 is 1.00 bits per heavy atom. The molecule has 1 N–H and O–H groups in total. The Labute approximate surface area is 82.1 Å². The SMILES string of the molecule is Cc1ncccc1Nc1ncccn1. The highest BCUT2D eigenvalue weighted by Gasteiger charge is 1.98. The standard InChI is InChI=1S/C10H10N4/c1-8-9(4-2-5-11-8)14-10-12-6-3-7-13-10/h2-7H,1H3,(H,12,13,14). The first-order valence-electron chi connectivity index (χ1n) is 4.32. The van der Waals surface area contributed by atoms with Crippen LogP contribution in [0.4, 0.5) is 11.6 Å². The van der Waals surface area contributed by atoms with E-state index in [9.17, 15) is 0 Å². The summed E-state index contributed by atoms with van der Waals surface area (Å²) >= 11 is 0. The van der Waals surface area contributed by atoms with Crippen LogP contribution in [0.5, 0.6) is 0 Å². The van der Waals surface area contributed by atoms with Crippen molar-refractivity contribution in [2.75, 3.05) is 5.32 Å². The summed E-state index contributed by atoms with van der Waals surface area (Å²) in [6, 6.07) is 5.60. The van der Waals surface area contributed by atoms with Gasteiger partial charge in [-0.1, -0.05) is 0 Å². The van der Waals surface area contributed by atoms with Gasteiger partial charge < -0.3 is 5.32 Å². The summed E-state index contributed by atoms with van der Waals surface area (Å²) in [7, 11) is 0. The smallest absolute Gasteiger partial charge is 0.227 e. The maximum absolute atomic E-state index is 4.16. The highest BCUT2D eigenvalue weighted by Crippen LogP contribution is 2.14. The molecule has 0 aliphatic carbocycles. The van der Waals surface area contributed by atoms with Crippen molar-refractivity contribution in [1.29, 1.82) is 0 Å². The van der Waals surface area contributed by atoms with Gasteiger partial charge in [-0.25, -0.2) is 9.97 Å². The van der Waals surface area contributed by atoms with Gasteiger partial charge in [-0.15, -0.1) is 0 Å². The van der Waals surface area contributed by atoms with Crippen LogP contribution in [-0.4, -0.2) is 15.0 Å². The number of rotatable bonds is 2. The molecular formula is C10H10N4. The van der Waals surface area contributed by atoms with Gasteiger partial charge in [0.05, 0.1) is 11.4 Å². The van der Waals surface area contributed by atoms with Gasteiger partial charge >= 0.3 is 0 Å². The molecule has 0 aromatic carbocycles. The number of aromatic nitrogens is 3. The molecule has 2 aromatic heterocycles. The van der Waals surface area contributed by atoms with Crippen LogP contribution < -0.4 is 5.32 Å². The molecule has 14 heavy (non-hydrogen) atoms. The van der Waals surface area contributed by atoms with Crippen molar-refractivity contribution in [2.24, 2.45) is 0 Å². The Balaban J connectivity index is 2.24. The molecule has 2 aromatic rings. The molecule has 4 nitrogen and oxygen atoms in total. The Kier molecular flexibility index (Phi) is 2.36. The van der Waals surface area contributed by atoms with Crippen LogP contribution >= 0.6 is 0 Å². The molecule has 4 heteroatoms. The van der Waals surface area contributed by atoms with Gasteiger partial charge in [0.2, 0.25) is 5.95 Å². The fourth-order valence-corrected chi connectivity index (χ4v) is 1.10. The van der Waals surface area contributed by atoms with E-state index in [-0.39, 0.29) is 0 Å². The second-order valence-corrected chi connectivity index (χ2v) is 2.83. The zero-order valence-electron chi connectivity index (χ0n) is 7.81. The van der Waals surface area contributed by atoms with Crippen molar-refractivity contribution in [2.45, 2.75) is 6.92 Å². The largest absolute Gasteiger partial charge is 0.323 e. The second-order valence-electron chi connectivity index (χ2n) is 2.83. The maximum atomic E-state index is 4.16. The lowest BCUT2D eigenvalue weighted by Crippen LogP contribution is -1.98. The van der Waals surface area contributed by atoms with Crippen LogP contribution in [0.15, 0.2) is 36.8 Å². The molecule has 0 aliphatic rings. The van der Waals surface area contributed by atoms with Gasteiger partial charge in [-0.2, -0.15) is 0 Å². The zero-order valence-corrected chi connectivity index (χ0v) is 7.81. The van der Waals surface area contributed by atoms with Gasteiger partial charge in [0.15, 0.2) is 0 Å². The summed E-state index contributed by atoms with van der Waals surface area (Å²) in [6.07, 6.45) is 5.15. The third-order valence-electron chi connectivity index (χ3n) is 1.82. The van der Waals surface area contributed by atoms with E-state index in [1.54, 1.807) is 24.7 Å². The highest BCUT2D eigenvalue weighted by atomic mass is 15.1. The van der Waals surface area contributed by atoms with Crippen LogP contribution in [0, 0.1) is 6.92 Å². The number of hydrogen-bond donors (Lipinski definition) is 1. The average Bonchev–Trinajstić information content (AvgIpc) is 2.23. The minimum Gasteiger partial charge on any atom is -0.323 e. The minimum absolute atomic E-state index is 0.587. The predicted octanol–water partition coefficient (Wildman–Crippen LogP) is 1.92. The van der Waals surface area contributed by atoms with Crippen molar-refractivity contribution in [3.63, 3.8) is 0 Å². The van der Waals surface area contributed by atoms with Crippen LogP contribution in [0.25, 0.3) is 0 Å². The number of anilines is 2. The maximum Gasteiger partial charge on any atom is 0.227 e. The highest BCUT2D eigenvalue weighted by molar-refractivity contribution is 5.55. The molecule has 2 heterocycles. The van der Waals surface area contributed by atoms with Crippen molar-refractivity contribution >= 4 is 11.6 Å². The topological polar surface area (TPSA) is 50.7 Å². The fraction of sp³-hybridized carbons (Fsp3) is 0.100. The Bertz CT molecular complexity index is 413. The molecule has 0 atom stereocenters. The van der Waals surface area contributed by atoms with Gasteiger partial charge in [-0.3, -0.25) is 4.98 Å². The lowest BCUT2D eigenvalue weighted by Gasteiger charge is -2.05. The van der Waals surface area contributed by atoms with Gasteiger partial charge in [0.1, 0.15) is 0 Å². The third-order valence-corrected chi connectivity index (χ3v) is 1.82. The number of pyridine rings is 1. The summed E-state index contributed by atoms with van der Waals surface area (Å²) in [5.74, 6) is 0.587. The quantitative estimate of drug-likeness (QED) is 0.778. The van der Waals surface area contributed by atoms with E-state index in [1.165, 1.54) is 0 Å². The predicted molar refractivity (Wildman–Crippen MR) is 54.3 cm³/mol. The van der Waals surface area contributed by atoms with Crippen molar-refractivity contribution < 1.29 is 0 Å². The normalized spacial score (nSPS) is 9.79. The second kappa shape index (κ2) is 3.83. The van der Waals surface area contributed by atoms with E-state index in [0.717, 1.165) is 11.4 Å². The van der Waals surface area contributed by atoms with Gasteiger partial charge in [0, 0.05) is 18.6 Å². The average molecular weight is 186 g/mol. The molecule has 0 bridgehead atoms. The molecule has 0 saturated heterocycles. The lowest BCUT2D eigenvalue weighted by atomic mass is 10.3. The van der Waals surface area contributed by atoms with Gasteiger partial charge in [-0.05, 0) is 25.1 Å². The molecule has 2 rings (SSSR count). The zero-order chi connectivity index (χ0) is 9.80. The monoisotopic (exact) mass is 186 g/mol. The third kappa shape index (κ3) is 1.85. The van der Waals surface area contributed by atoms with Crippen LogP contribution in [0.2, 0.25) is 0 Å². The molecule has 0 radical (unpaired) electrons. The van der Waals surface area contributed by atoms with E-state index >= 15 is 0 Å². The Morgan fingerprint density at radius 2 is 1.71 bits per heavy atom. The first-order chi connectivity index (χ1) is 6.86. The molecule has 0 fully saturated rings. The van der Waals surface area contributed by atoms with E-state index in [2.05, 4.69) is 20.3 Å². The Morgan fingerprint density at radius 3 is 2.43 bits per heavy atom. The van der Waals surface area contributed by atoms with Crippen LogP contribution in [0.3, 0.4) is 0 Å². The molecule has 0 amide bonds. The molecule has 0 aliphatic heterocycles. The summed E-state index contributed by atoms with van der Waals surface area (Å²) in [4.78, 5) is 12.3. The van der Waals surface area contributed by atoms with E-state index < -0.39 is 0 Å². The van der Waals surface area contributed by atoms with Crippen molar-refractivity contribution in [1.82, 2.24) is 15.0 Å². The Hall–Kier alpha value is -1.97. The number of nitrogens with one attached hydrogen (secondary N) is 1. The molecule has 0 spiro atoms. The lowest BCUT2D eigenvalue weighted by molar-refractivity contribution is 1.14. The molecular weight excluding hydrogens is 176 g/mol. The van der Waals surface area contributed by atoms with Crippen molar-refractivity contribution in [3.8, 4) is 0 Å². The summed E-state index contributed by atoms with van der Waals surface area (Å²) < 4.78 is 0. The fourth-order valence-electron chi connectivity index (χ4n) is 1.10. The van der Waals surface area contributed by atoms with Gasteiger partial charge in [0.25, 0.3) is 0 Å². The number of nitrogens with zero attached hydrogens (tertiary/aromatic N) is 3. The van der Waals surface area contributed by atoms with E-state index in [1.807, 2.05) is 19.1 Å². The van der Waals surface area contributed by atoms with Crippen LogP contribution in [0.1, 0.15) is 5.69 Å². The summed E-state index contributed by atoms with van der Waals surface area (Å²) in [6.45, 7) is 1.94. The number of aryl methyl sites for hydroxylation is 1. The van der Waals surface area contributed by atoms with Crippen LogP contribution in [-0.2, 0) is 0 Å². The molecule has 70 valence electrons. The van der Waals surface area contributed by atoms with Crippen molar-refractivity contribution in [3.05, 3.63) is 42.5 Å². The first kappa shape index (κ1) is 8.62. The summed E-state index contributed by atoms with van der Waals surface area (Å²) in [5, 5.41) is 3.09. The minimum atomic E-state index is 0.587. The first-order valence-corrected chi connectivity index (χ1v) is 4.32. The molecule has 0 unspecified atom stereocenters. The molecule has 0 saturated carbocycles. The van der Waals surface area contributed by atoms with E-state index in [4.69, 9.17) is 0 Å².